The Balaban J connectivity index is 1.70. The van der Waals surface area contributed by atoms with Crippen LogP contribution >= 0.6 is 0 Å². The summed E-state index contributed by atoms with van der Waals surface area (Å²) < 4.78 is 28.0. The number of nitrogens with one attached hydrogen (secondary N) is 1. The van der Waals surface area contributed by atoms with Crippen molar-refractivity contribution >= 4 is 11.6 Å². The predicted octanol–water partition coefficient (Wildman–Crippen LogP) is 6.89. The van der Waals surface area contributed by atoms with Gasteiger partial charge in [-0.1, -0.05) is 62.4 Å². The normalized spacial score (nSPS) is 18.9. The molecule has 0 radical (unpaired) electrons. The summed E-state index contributed by atoms with van der Waals surface area (Å²) >= 11 is 0. The zero-order valence-electron chi connectivity index (χ0n) is 23.7. The average Bonchev–Trinajstić information content (AvgIpc) is 3.33. The number of carbonyl (C=O) groups is 1. The molecule has 5 rings (SSSR count). The van der Waals surface area contributed by atoms with Crippen LogP contribution in [0, 0.1) is 5.82 Å². The fourth-order valence-electron chi connectivity index (χ4n) is 5.81. The number of aliphatic hydroxyl groups excluding tert-OH is 1. The molecule has 1 saturated heterocycles. The minimum absolute atomic E-state index is 0.00416. The molecule has 214 valence electrons. The van der Waals surface area contributed by atoms with Crippen molar-refractivity contribution in [3.05, 3.63) is 102 Å². The zero-order valence-corrected chi connectivity index (χ0v) is 23.7. The monoisotopic (exact) mass is 556 g/mol. The number of methoxy groups -OCH3 is 1. The van der Waals surface area contributed by atoms with Gasteiger partial charge in [-0.2, -0.15) is 0 Å². The van der Waals surface area contributed by atoms with Crippen molar-refractivity contribution in [2.45, 2.75) is 57.5 Å². The number of halogens is 1. The SMILES string of the molecule is COC1CC(O)COC1CCn1c(-c2ccc(F)cc2)c(-c2ccccc2)c(C(=O)Nc2ccccc2)c1C(C)C. The van der Waals surface area contributed by atoms with Crippen LogP contribution in [-0.2, 0) is 16.0 Å². The Labute approximate surface area is 240 Å². The van der Waals surface area contributed by atoms with Crippen molar-refractivity contribution in [3.63, 3.8) is 0 Å². The number of para-hydroxylation sites is 1. The molecule has 1 aromatic heterocycles. The van der Waals surface area contributed by atoms with Gasteiger partial charge in [-0.3, -0.25) is 4.79 Å². The van der Waals surface area contributed by atoms with E-state index in [2.05, 4.69) is 23.7 Å². The zero-order chi connectivity index (χ0) is 28.9. The highest BCUT2D eigenvalue weighted by molar-refractivity contribution is 6.12. The Morgan fingerprint density at radius 3 is 2.32 bits per heavy atom. The molecule has 4 aromatic rings. The van der Waals surface area contributed by atoms with E-state index in [1.165, 1.54) is 12.1 Å². The number of ether oxygens (including phenoxy) is 2. The molecule has 7 heteroatoms. The molecule has 0 aliphatic carbocycles. The fourth-order valence-corrected chi connectivity index (χ4v) is 5.81. The maximum Gasteiger partial charge on any atom is 0.258 e. The highest BCUT2D eigenvalue weighted by Crippen LogP contribution is 2.43. The van der Waals surface area contributed by atoms with Gasteiger partial charge in [-0.25, -0.2) is 4.39 Å². The molecule has 41 heavy (non-hydrogen) atoms. The van der Waals surface area contributed by atoms with E-state index in [-0.39, 0.29) is 36.5 Å². The first-order valence-electron chi connectivity index (χ1n) is 14.1. The number of carbonyl (C=O) groups excluding carboxylic acids is 1. The predicted molar refractivity (Wildman–Crippen MR) is 160 cm³/mol. The largest absolute Gasteiger partial charge is 0.391 e. The number of hydrogen-bond donors (Lipinski definition) is 2. The van der Waals surface area contributed by atoms with Crippen molar-refractivity contribution in [1.82, 2.24) is 4.57 Å². The number of aromatic nitrogens is 1. The third-order valence-corrected chi connectivity index (χ3v) is 7.65. The van der Waals surface area contributed by atoms with E-state index in [0.29, 0.717) is 30.6 Å². The van der Waals surface area contributed by atoms with E-state index in [9.17, 15) is 14.3 Å². The van der Waals surface area contributed by atoms with Crippen molar-refractivity contribution < 1.29 is 23.8 Å². The van der Waals surface area contributed by atoms with Crippen LogP contribution in [0.1, 0.15) is 48.7 Å². The summed E-state index contributed by atoms with van der Waals surface area (Å²) in [7, 11) is 1.64. The molecule has 1 fully saturated rings. The molecular weight excluding hydrogens is 519 g/mol. The first-order valence-corrected chi connectivity index (χ1v) is 14.1. The van der Waals surface area contributed by atoms with Gasteiger partial charge in [0.1, 0.15) is 5.82 Å². The number of hydrogen-bond acceptors (Lipinski definition) is 4. The highest BCUT2D eigenvalue weighted by Gasteiger charge is 2.33. The topological polar surface area (TPSA) is 72.7 Å². The Kier molecular flexibility index (Phi) is 8.98. The molecule has 2 heterocycles. The molecule has 1 amide bonds. The van der Waals surface area contributed by atoms with Gasteiger partial charge in [0.05, 0.1) is 36.2 Å². The summed E-state index contributed by atoms with van der Waals surface area (Å²) in [6.07, 6.45) is 0.118. The fraction of sp³-hybridized carbons (Fsp3) is 0.324. The number of anilines is 1. The van der Waals surface area contributed by atoms with Gasteiger partial charge in [0, 0.05) is 37.0 Å². The summed E-state index contributed by atoms with van der Waals surface area (Å²) in [6.45, 7) is 4.97. The van der Waals surface area contributed by atoms with Crippen LogP contribution in [0.4, 0.5) is 10.1 Å². The maximum absolute atomic E-state index is 14.2. The molecular formula is C34H37FN2O4. The first kappa shape index (κ1) is 28.7. The van der Waals surface area contributed by atoms with Crippen LogP contribution < -0.4 is 5.32 Å². The van der Waals surface area contributed by atoms with Crippen molar-refractivity contribution in [1.29, 1.82) is 0 Å². The highest BCUT2D eigenvalue weighted by atomic mass is 19.1. The number of benzene rings is 3. The summed E-state index contributed by atoms with van der Waals surface area (Å²) in [6, 6.07) is 25.7. The van der Waals surface area contributed by atoms with Crippen LogP contribution in [0.25, 0.3) is 22.4 Å². The lowest BCUT2D eigenvalue weighted by Gasteiger charge is -2.34. The lowest BCUT2D eigenvalue weighted by molar-refractivity contribution is -0.137. The third kappa shape index (κ3) is 6.27. The molecule has 1 aliphatic heterocycles. The van der Waals surface area contributed by atoms with Crippen LogP contribution in [0.3, 0.4) is 0 Å². The minimum atomic E-state index is -0.554. The van der Waals surface area contributed by atoms with E-state index in [0.717, 1.165) is 28.1 Å². The minimum Gasteiger partial charge on any atom is -0.391 e. The molecule has 2 N–H and O–H groups in total. The molecule has 0 bridgehead atoms. The molecule has 3 aromatic carbocycles. The van der Waals surface area contributed by atoms with Crippen LogP contribution in [-0.4, -0.2) is 47.6 Å². The van der Waals surface area contributed by atoms with E-state index in [4.69, 9.17) is 9.47 Å². The van der Waals surface area contributed by atoms with Gasteiger partial charge in [0.25, 0.3) is 5.91 Å². The number of nitrogens with zero attached hydrogens (tertiary/aromatic N) is 1. The van der Waals surface area contributed by atoms with Crippen LogP contribution in [0.5, 0.6) is 0 Å². The smallest absolute Gasteiger partial charge is 0.258 e. The molecule has 3 unspecified atom stereocenters. The number of aliphatic hydroxyl groups is 1. The molecule has 6 nitrogen and oxygen atoms in total. The van der Waals surface area contributed by atoms with Gasteiger partial charge in [0.2, 0.25) is 0 Å². The van der Waals surface area contributed by atoms with E-state index < -0.39 is 6.10 Å². The lowest BCUT2D eigenvalue weighted by atomic mass is 9.94. The van der Waals surface area contributed by atoms with Crippen molar-refractivity contribution in [2.24, 2.45) is 0 Å². The number of rotatable bonds is 9. The van der Waals surface area contributed by atoms with Gasteiger partial charge < -0.3 is 24.5 Å². The van der Waals surface area contributed by atoms with Crippen LogP contribution in [0.2, 0.25) is 0 Å². The second-order valence-corrected chi connectivity index (χ2v) is 10.8. The molecule has 3 atom stereocenters. The van der Waals surface area contributed by atoms with Crippen molar-refractivity contribution in [3.8, 4) is 22.4 Å². The standard InChI is InChI=1S/C34H37FN2O4/c1-22(2)32-31(34(39)36-26-12-8-5-9-13-26)30(23-10-6-4-7-11-23)33(24-14-16-25(35)17-15-24)37(32)19-18-28-29(40-3)20-27(38)21-41-28/h4-17,22,27-29,38H,18-21H2,1-3H3,(H,36,39). The third-order valence-electron chi connectivity index (χ3n) is 7.65. The maximum atomic E-state index is 14.2. The first-order chi connectivity index (χ1) is 19.9. The summed E-state index contributed by atoms with van der Waals surface area (Å²) in [4.78, 5) is 14.2. The molecule has 0 spiro atoms. The molecule has 1 aliphatic rings. The van der Waals surface area contributed by atoms with Gasteiger partial charge in [-0.05, 0) is 59.9 Å². The van der Waals surface area contributed by atoms with Gasteiger partial charge >= 0.3 is 0 Å². The summed E-state index contributed by atoms with van der Waals surface area (Å²) in [5.41, 5.74) is 5.56. The Hall–Kier alpha value is -3.78. The second-order valence-electron chi connectivity index (χ2n) is 10.8. The van der Waals surface area contributed by atoms with Crippen molar-refractivity contribution in [2.75, 3.05) is 19.0 Å². The summed E-state index contributed by atoms with van der Waals surface area (Å²) in [5, 5.41) is 13.2. The summed E-state index contributed by atoms with van der Waals surface area (Å²) in [5.74, 6) is -0.528. The second kappa shape index (κ2) is 12.8. The van der Waals surface area contributed by atoms with E-state index in [1.807, 2.05) is 60.7 Å². The number of amides is 1. The molecule has 0 saturated carbocycles. The average molecular weight is 557 g/mol. The van der Waals surface area contributed by atoms with Crippen LogP contribution in [0.15, 0.2) is 84.9 Å². The Morgan fingerprint density at radius 2 is 1.68 bits per heavy atom. The lowest BCUT2D eigenvalue weighted by Crippen LogP contribution is -2.42. The Morgan fingerprint density at radius 1 is 1.02 bits per heavy atom. The quantitative estimate of drug-likeness (QED) is 0.235. The van der Waals surface area contributed by atoms with E-state index in [1.54, 1.807) is 19.2 Å². The Bertz CT molecular complexity index is 1450. The van der Waals surface area contributed by atoms with Gasteiger partial charge in [-0.15, -0.1) is 0 Å². The van der Waals surface area contributed by atoms with Gasteiger partial charge in [0.15, 0.2) is 0 Å². The van der Waals surface area contributed by atoms with E-state index >= 15 is 0 Å².